The summed E-state index contributed by atoms with van der Waals surface area (Å²) in [5, 5.41) is 0. The van der Waals surface area contributed by atoms with Gasteiger partial charge in [0.2, 0.25) is 0 Å². The zero-order chi connectivity index (χ0) is 24.2. The van der Waals surface area contributed by atoms with E-state index in [9.17, 15) is 4.79 Å². The zero-order valence-corrected chi connectivity index (χ0v) is 21.5. The highest BCUT2D eigenvalue weighted by atomic mass is 79.9. The molecule has 0 bridgehead atoms. The van der Waals surface area contributed by atoms with E-state index in [1.54, 1.807) is 4.40 Å². The SMILES string of the molecule is Cc1ccc(OCCOCCOc2ccc(Br)cc2C=c2sc3nc4ccccc4n3c2=O)cc1. The number of aromatic nitrogens is 2. The maximum Gasteiger partial charge on any atom is 0.274 e. The van der Waals surface area contributed by atoms with Crippen LogP contribution < -0.4 is 19.6 Å². The van der Waals surface area contributed by atoms with E-state index in [2.05, 4.69) is 20.9 Å². The molecule has 3 aromatic carbocycles. The topological polar surface area (TPSA) is 62.1 Å². The van der Waals surface area contributed by atoms with Gasteiger partial charge in [0.05, 0.1) is 28.8 Å². The number of aryl methyl sites for hydroxylation is 1. The van der Waals surface area contributed by atoms with Crippen LogP contribution in [0, 0.1) is 6.92 Å². The summed E-state index contributed by atoms with van der Waals surface area (Å²) >= 11 is 4.88. The molecule has 0 aliphatic carbocycles. The molecule has 0 radical (unpaired) electrons. The highest BCUT2D eigenvalue weighted by Gasteiger charge is 2.11. The van der Waals surface area contributed by atoms with Crippen LogP contribution in [0.3, 0.4) is 0 Å². The van der Waals surface area contributed by atoms with E-state index in [1.165, 1.54) is 16.9 Å². The number of hydrogen-bond donors (Lipinski definition) is 0. The standard InChI is InChI=1S/C27H23BrN2O4S/c1-18-6-9-21(10-7-18)33-14-12-32-13-15-34-24-11-8-20(28)16-19(24)17-25-26(31)30-23-5-3-2-4-22(23)29-27(30)35-25/h2-11,16-17H,12-15H2,1H3. The Bertz CT molecular complexity index is 1580. The predicted molar refractivity (Wildman–Crippen MR) is 143 cm³/mol. The lowest BCUT2D eigenvalue weighted by atomic mass is 10.2. The molecular formula is C27H23BrN2O4S. The third kappa shape index (κ3) is 5.40. The molecule has 5 aromatic rings. The van der Waals surface area contributed by atoms with Crippen molar-refractivity contribution in [3.63, 3.8) is 0 Å². The molecule has 35 heavy (non-hydrogen) atoms. The first kappa shape index (κ1) is 23.5. The van der Waals surface area contributed by atoms with Gasteiger partial charge in [0.25, 0.3) is 5.56 Å². The van der Waals surface area contributed by atoms with Crippen molar-refractivity contribution in [3.8, 4) is 11.5 Å². The summed E-state index contributed by atoms with van der Waals surface area (Å²) in [6.07, 6.45) is 1.85. The average Bonchev–Trinajstić information content (AvgIpc) is 3.36. The maximum atomic E-state index is 13.1. The second kappa shape index (κ2) is 10.6. The summed E-state index contributed by atoms with van der Waals surface area (Å²) in [7, 11) is 0. The van der Waals surface area contributed by atoms with Gasteiger partial charge in [-0.1, -0.05) is 57.1 Å². The fourth-order valence-electron chi connectivity index (χ4n) is 3.68. The number of imidazole rings is 1. The largest absolute Gasteiger partial charge is 0.491 e. The predicted octanol–water partition coefficient (Wildman–Crippen LogP) is 5.00. The van der Waals surface area contributed by atoms with Crippen LogP contribution in [0.2, 0.25) is 0 Å². The van der Waals surface area contributed by atoms with Crippen LogP contribution in [-0.2, 0) is 4.74 Å². The lowest BCUT2D eigenvalue weighted by molar-refractivity contribution is 0.0764. The van der Waals surface area contributed by atoms with Crippen LogP contribution in [0.5, 0.6) is 11.5 Å². The first-order valence-corrected chi connectivity index (χ1v) is 12.8. The molecule has 0 atom stereocenters. The summed E-state index contributed by atoms with van der Waals surface area (Å²) in [6, 6.07) is 21.3. The Morgan fingerprint density at radius 2 is 1.74 bits per heavy atom. The summed E-state index contributed by atoms with van der Waals surface area (Å²) in [4.78, 5) is 18.4. The Balaban J connectivity index is 1.23. The molecule has 2 aromatic heterocycles. The summed E-state index contributed by atoms with van der Waals surface area (Å²) in [5.41, 5.74) is 3.56. The Labute approximate surface area is 214 Å². The smallest absolute Gasteiger partial charge is 0.274 e. The number of halogens is 1. The van der Waals surface area contributed by atoms with Gasteiger partial charge in [-0.15, -0.1) is 0 Å². The van der Waals surface area contributed by atoms with Gasteiger partial charge in [-0.25, -0.2) is 9.38 Å². The minimum absolute atomic E-state index is 0.0819. The molecule has 0 saturated heterocycles. The summed E-state index contributed by atoms with van der Waals surface area (Å²) in [5.74, 6) is 1.51. The van der Waals surface area contributed by atoms with E-state index in [4.69, 9.17) is 14.2 Å². The second-order valence-corrected chi connectivity index (χ2v) is 9.86. The van der Waals surface area contributed by atoms with Gasteiger partial charge in [-0.2, -0.15) is 0 Å². The fourth-order valence-corrected chi connectivity index (χ4v) is 5.04. The van der Waals surface area contributed by atoms with Crippen molar-refractivity contribution in [1.82, 2.24) is 9.38 Å². The monoisotopic (exact) mass is 550 g/mol. The molecule has 6 nitrogen and oxygen atoms in total. The van der Waals surface area contributed by atoms with Crippen LogP contribution in [0.1, 0.15) is 11.1 Å². The van der Waals surface area contributed by atoms with E-state index in [-0.39, 0.29) is 5.56 Å². The van der Waals surface area contributed by atoms with Crippen LogP contribution in [0.4, 0.5) is 0 Å². The second-order valence-electron chi connectivity index (χ2n) is 7.94. The quantitative estimate of drug-likeness (QED) is 0.241. The number of hydrogen-bond acceptors (Lipinski definition) is 6. The van der Waals surface area contributed by atoms with Crippen molar-refractivity contribution in [2.45, 2.75) is 6.92 Å². The van der Waals surface area contributed by atoms with E-state index >= 15 is 0 Å². The fraction of sp³-hybridized carbons (Fsp3) is 0.185. The van der Waals surface area contributed by atoms with Crippen LogP contribution in [0.15, 0.2) is 76.0 Å². The lowest BCUT2D eigenvalue weighted by Gasteiger charge is -2.11. The minimum Gasteiger partial charge on any atom is -0.491 e. The maximum absolute atomic E-state index is 13.1. The normalized spacial score (nSPS) is 12.0. The highest BCUT2D eigenvalue weighted by molar-refractivity contribution is 9.10. The Hall–Kier alpha value is -3.20. The third-order valence-electron chi connectivity index (χ3n) is 5.41. The molecule has 0 spiro atoms. The Morgan fingerprint density at radius 1 is 0.971 bits per heavy atom. The van der Waals surface area contributed by atoms with Crippen molar-refractivity contribution in [3.05, 3.63) is 97.2 Å². The van der Waals surface area contributed by atoms with Crippen molar-refractivity contribution in [1.29, 1.82) is 0 Å². The van der Waals surface area contributed by atoms with E-state index in [1.807, 2.05) is 79.7 Å². The molecule has 0 saturated carbocycles. The number of rotatable bonds is 9. The lowest BCUT2D eigenvalue weighted by Crippen LogP contribution is -2.22. The Morgan fingerprint density at radius 3 is 2.57 bits per heavy atom. The van der Waals surface area contributed by atoms with Crippen molar-refractivity contribution < 1.29 is 14.2 Å². The van der Waals surface area contributed by atoms with E-state index < -0.39 is 0 Å². The molecule has 178 valence electrons. The number of nitrogens with zero attached hydrogens (tertiary/aromatic N) is 2. The molecule has 0 aliphatic rings. The highest BCUT2D eigenvalue weighted by Crippen LogP contribution is 2.24. The van der Waals surface area contributed by atoms with Gasteiger partial charge in [0, 0.05) is 10.0 Å². The molecule has 0 aliphatic heterocycles. The zero-order valence-electron chi connectivity index (χ0n) is 19.1. The number of benzene rings is 3. The van der Waals surface area contributed by atoms with Gasteiger partial charge in [-0.3, -0.25) is 4.79 Å². The van der Waals surface area contributed by atoms with Gasteiger partial charge >= 0.3 is 0 Å². The molecule has 2 heterocycles. The van der Waals surface area contributed by atoms with Crippen LogP contribution in [0.25, 0.3) is 22.1 Å². The van der Waals surface area contributed by atoms with Crippen molar-refractivity contribution >= 4 is 49.3 Å². The minimum atomic E-state index is -0.0819. The molecule has 0 unspecified atom stereocenters. The molecular weight excluding hydrogens is 528 g/mol. The van der Waals surface area contributed by atoms with Gasteiger partial charge in [-0.05, 0) is 55.5 Å². The van der Waals surface area contributed by atoms with Gasteiger partial charge in [0.15, 0.2) is 4.96 Å². The first-order valence-electron chi connectivity index (χ1n) is 11.2. The van der Waals surface area contributed by atoms with Crippen molar-refractivity contribution in [2.75, 3.05) is 26.4 Å². The van der Waals surface area contributed by atoms with E-state index in [0.717, 1.165) is 26.8 Å². The molecule has 5 rings (SSSR count). The first-order chi connectivity index (χ1) is 17.1. The van der Waals surface area contributed by atoms with Gasteiger partial charge in [0.1, 0.15) is 24.7 Å². The molecule has 8 heteroatoms. The number of thiazole rings is 1. The van der Waals surface area contributed by atoms with Crippen LogP contribution in [-0.4, -0.2) is 35.8 Å². The van der Waals surface area contributed by atoms with Crippen LogP contribution >= 0.6 is 27.3 Å². The Kier molecular flexibility index (Phi) is 7.13. The van der Waals surface area contributed by atoms with Crippen molar-refractivity contribution in [2.24, 2.45) is 0 Å². The van der Waals surface area contributed by atoms with Gasteiger partial charge < -0.3 is 14.2 Å². The number of para-hydroxylation sites is 2. The molecule has 0 amide bonds. The summed E-state index contributed by atoms with van der Waals surface area (Å²) < 4.78 is 20.5. The number of ether oxygens (including phenoxy) is 3. The molecule has 0 N–H and O–H groups in total. The average molecular weight is 551 g/mol. The molecule has 0 fully saturated rings. The van der Waals surface area contributed by atoms with E-state index in [0.29, 0.717) is 41.7 Å². The number of fused-ring (bicyclic) bond motifs is 3. The summed E-state index contributed by atoms with van der Waals surface area (Å²) in [6.45, 7) is 3.80. The third-order valence-corrected chi connectivity index (χ3v) is 6.87.